The first-order chi connectivity index (χ1) is 12.3. The quantitative estimate of drug-likeness (QED) is 0.746. The first-order valence-electron chi connectivity index (χ1n) is 8.54. The predicted octanol–water partition coefficient (Wildman–Crippen LogP) is 2.42. The second-order valence-corrected chi connectivity index (χ2v) is 6.69. The van der Waals surface area contributed by atoms with Crippen LogP contribution < -0.4 is 10.6 Å². The van der Waals surface area contributed by atoms with E-state index in [-0.39, 0.29) is 30.5 Å². The van der Waals surface area contributed by atoms with Gasteiger partial charge in [0.15, 0.2) is 6.61 Å². The summed E-state index contributed by atoms with van der Waals surface area (Å²) in [6.45, 7) is 5.06. The van der Waals surface area contributed by atoms with Crippen LogP contribution in [0.1, 0.15) is 37.6 Å². The van der Waals surface area contributed by atoms with Crippen molar-refractivity contribution in [1.82, 2.24) is 10.6 Å². The second-order valence-electron chi connectivity index (χ2n) is 6.69. The van der Waals surface area contributed by atoms with Crippen molar-refractivity contribution in [2.45, 2.75) is 32.7 Å². The molecule has 0 aliphatic heterocycles. The SMILES string of the molecule is CCC(C)(C)NC(=O)COC(=O)CNC(=O)c1ccc2ccccc2c1. The van der Waals surface area contributed by atoms with Gasteiger partial charge in [-0.05, 0) is 43.2 Å². The maximum atomic E-state index is 12.2. The number of amides is 2. The molecule has 2 aromatic carbocycles. The van der Waals surface area contributed by atoms with Crippen molar-refractivity contribution in [1.29, 1.82) is 0 Å². The van der Waals surface area contributed by atoms with Gasteiger partial charge in [0.1, 0.15) is 6.54 Å². The Balaban J connectivity index is 1.81. The molecule has 138 valence electrons. The van der Waals surface area contributed by atoms with E-state index < -0.39 is 5.97 Å². The minimum atomic E-state index is -0.663. The summed E-state index contributed by atoms with van der Waals surface area (Å²) in [7, 11) is 0. The highest BCUT2D eigenvalue weighted by molar-refractivity contribution is 5.99. The molecule has 0 aliphatic carbocycles. The first-order valence-corrected chi connectivity index (χ1v) is 8.54. The van der Waals surface area contributed by atoms with Crippen LogP contribution in [-0.4, -0.2) is 36.5 Å². The van der Waals surface area contributed by atoms with E-state index in [4.69, 9.17) is 4.74 Å². The summed E-state index contributed by atoms with van der Waals surface area (Å²) in [5.74, 6) is -1.40. The third-order valence-corrected chi connectivity index (χ3v) is 4.13. The molecule has 0 saturated carbocycles. The van der Waals surface area contributed by atoms with Crippen LogP contribution >= 0.6 is 0 Å². The lowest BCUT2D eigenvalue weighted by atomic mass is 10.0. The van der Waals surface area contributed by atoms with Gasteiger partial charge in [-0.25, -0.2) is 0 Å². The molecule has 2 rings (SSSR count). The molecule has 0 aromatic heterocycles. The number of fused-ring (bicyclic) bond motifs is 1. The second kappa shape index (κ2) is 8.47. The molecule has 26 heavy (non-hydrogen) atoms. The molecule has 2 aromatic rings. The van der Waals surface area contributed by atoms with Crippen LogP contribution in [0.5, 0.6) is 0 Å². The average molecular weight is 356 g/mol. The molecule has 0 fully saturated rings. The highest BCUT2D eigenvalue weighted by Gasteiger charge is 2.18. The molecule has 0 bridgehead atoms. The average Bonchev–Trinajstić information content (AvgIpc) is 2.63. The van der Waals surface area contributed by atoms with E-state index in [2.05, 4.69) is 10.6 Å². The minimum absolute atomic E-state index is 0.296. The van der Waals surface area contributed by atoms with Gasteiger partial charge < -0.3 is 15.4 Å². The molecule has 0 heterocycles. The normalized spacial score (nSPS) is 11.0. The lowest BCUT2D eigenvalue weighted by Gasteiger charge is -2.24. The van der Waals surface area contributed by atoms with Crippen LogP contribution in [-0.2, 0) is 14.3 Å². The molecule has 0 radical (unpaired) electrons. The number of hydrogen-bond acceptors (Lipinski definition) is 4. The number of esters is 1. The largest absolute Gasteiger partial charge is 0.454 e. The van der Waals surface area contributed by atoms with E-state index in [1.807, 2.05) is 51.1 Å². The zero-order valence-electron chi connectivity index (χ0n) is 15.3. The first kappa shape index (κ1) is 19.4. The van der Waals surface area contributed by atoms with Crippen molar-refractivity contribution in [3.8, 4) is 0 Å². The van der Waals surface area contributed by atoms with Gasteiger partial charge in [0, 0.05) is 11.1 Å². The maximum Gasteiger partial charge on any atom is 0.325 e. The van der Waals surface area contributed by atoms with Crippen molar-refractivity contribution in [2.24, 2.45) is 0 Å². The smallest absolute Gasteiger partial charge is 0.325 e. The molecular formula is C20H24N2O4. The van der Waals surface area contributed by atoms with E-state index in [0.717, 1.165) is 17.2 Å². The topological polar surface area (TPSA) is 84.5 Å². The zero-order chi connectivity index (χ0) is 19.2. The predicted molar refractivity (Wildman–Crippen MR) is 99.8 cm³/mol. The fraction of sp³-hybridized carbons (Fsp3) is 0.350. The summed E-state index contributed by atoms with van der Waals surface area (Å²) in [5.41, 5.74) is 0.104. The van der Waals surface area contributed by atoms with Crippen LogP contribution in [0.2, 0.25) is 0 Å². The molecule has 2 N–H and O–H groups in total. The van der Waals surface area contributed by atoms with Gasteiger partial charge in [0.05, 0.1) is 0 Å². The molecule has 0 aliphatic rings. The lowest BCUT2D eigenvalue weighted by Crippen LogP contribution is -2.45. The van der Waals surface area contributed by atoms with Gasteiger partial charge in [-0.2, -0.15) is 0 Å². The fourth-order valence-corrected chi connectivity index (χ4v) is 2.28. The highest BCUT2D eigenvalue weighted by atomic mass is 16.5. The van der Waals surface area contributed by atoms with Crippen LogP contribution in [0.4, 0.5) is 0 Å². The molecule has 6 nitrogen and oxygen atoms in total. The lowest BCUT2D eigenvalue weighted by molar-refractivity contribution is -0.148. The van der Waals surface area contributed by atoms with Gasteiger partial charge in [-0.1, -0.05) is 37.3 Å². The molecule has 6 heteroatoms. The van der Waals surface area contributed by atoms with E-state index in [0.29, 0.717) is 5.56 Å². The fourth-order valence-electron chi connectivity index (χ4n) is 2.28. The standard InChI is InChI=1S/C20H24N2O4/c1-4-20(2,3)22-17(23)13-26-18(24)12-21-19(25)16-10-9-14-7-5-6-8-15(14)11-16/h5-11H,4,12-13H2,1-3H3,(H,21,25)(H,22,23). The van der Waals surface area contributed by atoms with Gasteiger partial charge in [0.25, 0.3) is 11.8 Å². The van der Waals surface area contributed by atoms with Gasteiger partial charge in [0.2, 0.25) is 0 Å². The number of hydrogen-bond donors (Lipinski definition) is 2. The summed E-state index contributed by atoms with van der Waals surface area (Å²) < 4.78 is 4.89. The van der Waals surface area contributed by atoms with Crippen molar-refractivity contribution < 1.29 is 19.1 Å². The molecule has 0 atom stereocenters. The Kier molecular flexibility index (Phi) is 6.33. The Labute approximate surface area is 152 Å². The van der Waals surface area contributed by atoms with Gasteiger partial charge in [-0.15, -0.1) is 0 Å². The summed E-state index contributed by atoms with van der Waals surface area (Å²) in [6.07, 6.45) is 0.758. The third kappa shape index (κ3) is 5.58. The summed E-state index contributed by atoms with van der Waals surface area (Å²) in [6, 6.07) is 13.0. The molecule has 0 spiro atoms. The Morgan fingerprint density at radius 2 is 1.73 bits per heavy atom. The van der Waals surface area contributed by atoms with Crippen LogP contribution in [0, 0.1) is 0 Å². The number of ether oxygens (including phenoxy) is 1. The van der Waals surface area contributed by atoms with Crippen molar-refractivity contribution >= 4 is 28.6 Å². The number of carbonyl (C=O) groups is 3. The monoisotopic (exact) mass is 356 g/mol. The number of carbonyl (C=O) groups excluding carboxylic acids is 3. The molecular weight excluding hydrogens is 332 g/mol. The van der Waals surface area contributed by atoms with Gasteiger partial charge >= 0.3 is 5.97 Å². The Hall–Kier alpha value is -2.89. The maximum absolute atomic E-state index is 12.2. The van der Waals surface area contributed by atoms with E-state index >= 15 is 0 Å². The van der Waals surface area contributed by atoms with Gasteiger partial charge in [-0.3, -0.25) is 14.4 Å². The van der Waals surface area contributed by atoms with Crippen LogP contribution in [0.3, 0.4) is 0 Å². The minimum Gasteiger partial charge on any atom is -0.454 e. The highest BCUT2D eigenvalue weighted by Crippen LogP contribution is 2.15. The van der Waals surface area contributed by atoms with E-state index in [9.17, 15) is 14.4 Å². The Morgan fingerprint density at radius 1 is 1.04 bits per heavy atom. The molecule has 0 unspecified atom stereocenters. The van der Waals surface area contributed by atoms with Crippen molar-refractivity contribution in [3.63, 3.8) is 0 Å². The number of benzene rings is 2. The van der Waals surface area contributed by atoms with E-state index in [1.54, 1.807) is 12.1 Å². The third-order valence-electron chi connectivity index (χ3n) is 4.13. The van der Waals surface area contributed by atoms with Crippen LogP contribution in [0.25, 0.3) is 10.8 Å². The molecule has 2 amide bonds. The summed E-state index contributed by atoms with van der Waals surface area (Å²) in [4.78, 5) is 35.6. The molecule has 0 saturated heterocycles. The Bertz CT molecular complexity index is 814. The zero-order valence-corrected chi connectivity index (χ0v) is 15.3. The summed E-state index contributed by atoms with van der Waals surface area (Å²) >= 11 is 0. The van der Waals surface area contributed by atoms with Crippen molar-refractivity contribution in [3.05, 3.63) is 48.0 Å². The Morgan fingerprint density at radius 3 is 2.42 bits per heavy atom. The number of nitrogens with one attached hydrogen (secondary N) is 2. The number of rotatable bonds is 7. The summed E-state index contributed by atoms with van der Waals surface area (Å²) in [5, 5.41) is 7.24. The van der Waals surface area contributed by atoms with E-state index in [1.165, 1.54) is 0 Å². The van der Waals surface area contributed by atoms with Crippen molar-refractivity contribution in [2.75, 3.05) is 13.2 Å². The van der Waals surface area contributed by atoms with Crippen LogP contribution in [0.15, 0.2) is 42.5 Å².